The zero-order chi connectivity index (χ0) is 21.5. The maximum absolute atomic E-state index is 5.32. The molecule has 1 radical (unpaired) electrons. The fourth-order valence-electron chi connectivity index (χ4n) is 4.03. The van der Waals surface area contributed by atoms with Gasteiger partial charge in [-0.2, -0.15) is 0 Å². The van der Waals surface area contributed by atoms with Gasteiger partial charge in [-0.25, -0.2) is 9.97 Å². The number of fused-ring (bicyclic) bond motifs is 8. The summed E-state index contributed by atoms with van der Waals surface area (Å²) in [7, 11) is 1.68. The minimum absolute atomic E-state index is 0. The summed E-state index contributed by atoms with van der Waals surface area (Å²) in [5.74, 6) is 0.835. The van der Waals surface area contributed by atoms with Crippen LogP contribution in [0.1, 0.15) is 22.8 Å². The Kier molecular flexibility index (Phi) is 5.46. The molecule has 6 heteroatoms. The Bertz CT molecular complexity index is 1560. The van der Waals surface area contributed by atoms with Crippen molar-refractivity contribution in [1.29, 1.82) is 0 Å². The van der Waals surface area contributed by atoms with Crippen LogP contribution in [-0.2, 0) is 17.1 Å². The standard InChI is InChI=1S/C27H20N4O.Cu/c1-32-25-10-2-17(3-11-25)26-15-24-14-22-7-6-20(29-22)12-18-4-5-19(28-18)13-21-8-9-23(30-21)16-27(26)31-24;/h2-16,28,31H,1H3;. The quantitative estimate of drug-likeness (QED) is 0.285. The Labute approximate surface area is 201 Å². The number of ether oxygens (including phenoxy) is 1. The fourth-order valence-corrected chi connectivity index (χ4v) is 4.03. The van der Waals surface area contributed by atoms with Crippen molar-refractivity contribution >= 4 is 46.4 Å². The van der Waals surface area contributed by atoms with Crippen molar-refractivity contribution in [2.75, 3.05) is 7.11 Å². The van der Waals surface area contributed by atoms with Crippen LogP contribution in [-0.4, -0.2) is 27.0 Å². The first kappa shape index (κ1) is 21.0. The molecule has 165 valence electrons. The van der Waals surface area contributed by atoms with Gasteiger partial charge in [-0.05, 0) is 84.5 Å². The van der Waals surface area contributed by atoms with Crippen LogP contribution >= 0.6 is 0 Å². The summed E-state index contributed by atoms with van der Waals surface area (Å²) in [4.78, 5) is 16.5. The number of rotatable bonds is 2. The molecule has 1 aromatic carbocycles. The third-order valence-electron chi connectivity index (χ3n) is 5.57. The van der Waals surface area contributed by atoms with Crippen LogP contribution in [0.3, 0.4) is 0 Å². The Morgan fingerprint density at radius 2 is 1.15 bits per heavy atom. The van der Waals surface area contributed by atoms with E-state index < -0.39 is 0 Å². The smallest absolute Gasteiger partial charge is 0.118 e. The van der Waals surface area contributed by atoms with E-state index in [0.717, 1.165) is 61.7 Å². The van der Waals surface area contributed by atoms with Crippen LogP contribution in [0.15, 0.2) is 66.7 Å². The third kappa shape index (κ3) is 4.27. The first-order valence-electron chi connectivity index (χ1n) is 10.4. The largest absolute Gasteiger partial charge is 0.497 e. The van der Waals surface area contributed by atoms with Crippen LogP contribution < -0.4 is 4.74 Å². The molecule has 5 heterocycles. The zero-order valence-electron chi connectivity index (χ0n) is 17.8. The number of benzene rings is 1. The van der Waals surface area contributed by atoms with Crippen LogP contribution in [0.4, 0.5) is 0 Å². The van der Waals surface area contributed by atoms with Gasteiger partial charge >= 0.3 is 0 Å². The number of nitrogens with one attached hydrogen (secondary N) is 2. The van der Waals surface area contributed by atoms with E-state index in [9.17, 15) is 0 Å². The summed E-state index contributed by atoms with van der Waals surface area (Å²) in [6, 6.07) is 22.6. The third-order valence-corrected chi connectivity index (χ3v) is 5.57. The van der Waals surface area contributed by atoms with Crippen molar-refractivity contribution in [3.8, 4) is 16.9 Å². The molecule has 0 amide bonds. The summed E-state index contributed by atoms with van der Waals surface area (Å²) in [5.41, 5.74) is 9.84. The van der Waals surface area contributed by atoms with Crippen LogP contribution in [0, 0.1) is 0 Å². The summed E-state index contributed by atoms with van der Waals surface area (Å²) in [5, 5.41) is 0. The predicted octanol–water partition coefficient (Wildman–Crippen LogP) is 6.33. The van der Waals surface area contributed by atoms with Gasteiger partial charge in [0.15, 0.2) is 0 Å². The molecule has 0 fully saturated rings. The Morgan fingerprint density at radius 1 is 0.606 bits per heavy atom. The molecule has 4 aromatic rings. The molecule has 0 unspecified atom stereocenters. The number of hydrogen-bond acceptors (Lipinski definition) is 3. The number of aromatic amines is 2. The second kappa shape index (κ2) is 8.58. The number of methoxy groups -OCH3 is 1. The Morgan fingerprint density at radius 3 is 1.73 bits per heavy atom. The fraction of sp³-hybridized carbons (Fsp3) is 0.0370. The van der Waals surface area contributed by atoms with Crippen molar-refractivity contribution in [2.24, 2.45) is 0 Å². The topological polar surface area (TPSA) is 66.6 Å². The number of hydrogen-bond donors (Lipinski definition) is 2. The minimum atomic E-state index is 0. The maximum atomic E-state index is 5.32. The molecule has 0 aliphatic carbocycles. The summed E-state index contributed by atoms with van der Waals surface area (Å²) >= 11 is 0. The average Bonchev–Trinajstić information content (AvgIpc) is 3.59. The van der Waals surface area contributed by atoms with E-state index in [1.54, 1.807) is 7.11 Å². The zero-order valence-corrected chi connectivity index (χ0v) is 18.7. The summed E-state index contributed by atoms with van der Waals surface area (Å²) in [6.07, 6.45) is 8.12. The van der Waals surface area contributed by atoms with Gasteiger partial charge in [-0.1, -0.05) is 12.1 Å². The van der Waals surface area contributed by atoms with Gasteiger partial charge in [-0.15, -0.1) is 0 Å². The van der Waals surface area contributed by atoms with Crippen molar-refractivity contribution in [1.82, 2.24) is 19.9 Å². The van der Waals surface area contributed by atoms with E-state index >= 15 is 0 Å². The van der Waals surface area contributed by atoms with Gasteiger partial charge in [0.2, 0.25) is 0 Å². The minimum Gasteiger partial charge on any atom is -0.497 e. The normalized spacial score (nSPS) is 11.9. The van der Waals surface area contributed by atoms with Gasteiger partial charge in [-0.3, -0.25) is 0 Å². The number of aromatic nitrogens is 4. The molecular formula is C27H20CuN4O. The predicted molar refractivity (Wildman–Crippen MR) is 131 cm³/mol. The Balaban J connectivity index is 0.00000228. The average molecular weight is 480 g/mol. The number of H-pyrrole nitrogens is 2. The molecule has 0 atom stereocenters. The second-order valence-corrected chi connectivity index (χ2v) is 7.82. The SMILES string of the molecule is COc1ccc(-c2cc3cc4nc(cc5ccc(cc6nc(cc2[nH]3)C=C6)[nH]5)C=C4)cc1.[Cu]. The summed E-state index contributed by atoms with van der Waals surface area (Å²) < 4.78 is 5.32. The first-order valence-corrected chi connectivity index (χ1v) is 10.4. The van der Waals surface area contributed by atoms with Gasteiger partial charge in [0.25, 0.3) is 0 Å². The molecule has 2 N–H and O–H groups in total. The molecular weight excluding hydrogens is 460 g/mol. The van der Waals surface area contributed by atoms with Gasteiger partial charge < -0.3 is 14.7 Å². The molecule has 2 aliphatic heterocycles. The molecule has 33 heavy (non-hydrogen) atoms. The van der Waals surface area contributed by atoms with Crippen LogP contribution in [0.5, 0.6) is 5.75 Å². The van der Waals surface area contributed by atoms with Crippen molar-refractivity contribution in [2.45, 2.75) is 0 Å². The van der Waals surface area contributed by atoms with Crippen LogP contribution in [0.25, 0.3) is 57.5 Å². The number of nitrogens with zero attached hydrogens (tertiary/aromatic N) is 2. The molecule has 0 saturated carbocycles. The van der Waals surface area contributed by atoms with Crippen molar-refractivity contribution in [3.63, 3.8) is 0 Å². The molecule has 0 spiro atoms. The van der Waals surface area contributed by atoms with E-state index in [4.69, 9.17) is 14.7 Å². The molecule has 2 aliphatic rings. The second-order valence-electron chi connectivity index (χ2n) is 7.82. The van der Waals surface area contributed by atoms with Crippen molar-refractivity contribution < 1.29 is 21.8 Å². The molecule has 5 nitrogen and oxygen atoms in total. The molecule has 0 saturated heterocycles. The molecule has 8 bridgehead atoms. The monoisotopic (exact) mass is 479 g/mol. The van der Waals surface area contributed by atoms with Crippen LogP contribution in [0.2, 0.25) is 0 Å². The maximum Gasteiger partial charge on any atom is 0.118 e. The van der Waals surface area contributed by atoms with Gasteiger partial charge in [0.1, 0.15) is 5.75 Å². The van der Waals surface area contributed by atoms with E-state index in [-0.39, 0.29) is 17.1 Å². The van der Waals surface area contributed by atoms with E-state index in [1.807, 2.05) is 48.6 Å². The van der Waals surface area contributed by atoms with E-state index in [0.29, 0.717) is 0 Å². The molecule has 6 rings (SSSR count). The molecule has 3 aromatic heterocycles. The van der Waals surface area contributed by atoms with E-state index in [2.05, 4.69) is 52.4 Å². The van der Waals surface area contributed by atoms with Gasteiger partial charge in [0.05, 0.1) is 29.9 Å². The summed E-state index contributed by atoms with van der Waals surface area (Å²) in [6.45, 7) is 0. The first-order chi connectivity index (χ1) is 15.7. The van der Waals surface area contributed by atoms with Gasteiger partial charge in [0, 0.05) is 44.7 Å². The van der Waals surface area contributed by atoms with Crippen molar-refractivity contribution in [3.05, 3.63) is 89.5 Å². The Hall–Kier alpha value is -3.86. The van der Waals surface area contributed by atoms with E-state index in [1.165, 1.54) is 0 Å².